The first kappa shape index (κ1) is 12.6. The first-order valence-electron chi connectivity index (χ1n) is 5.89. The summed E-state index contributed by atoms with van der Waals surface area (Å²) in [7, 11) is 1.34. The molecule has 0 saturated heterocycles. The highest BCUT2D eigenvalue weighted by molar-refractivity contribution is 6.00. The molecule has 1 atom stereocenters. The highest BCUT2D eigenvalue weighted by Gasteiger charge is 2.68. The zero-order valence-corrected chi connectivity index (χ0v) is 10.8. The minimum absolute atomic E-state index is 0.244. The van der Waals surface area contributed by atoms with E-state index in [0.717, 1.165) is 0 Å². The van der Waals surface area contributed by atoms with E-state index in [0.29, 0.717) is 12.0 Å². The number of rotatable bonds is 3. The third-order valence-corrected chi connectivity index (χ3v) is 3.63. The standard InChI is InChI=1S/C14H17NO3/c1-13(2)9-14(13,12(17)18-3)15-11(16)10-7-5-4-6-8-10/h4-8H,9H2,1-3H3,(H,15,16). The molecule has 1 aromatic rings. The molecule has 0 bridgehead atoms. The summed E-state index contributed by atoms with van der Waals surface area (Å²) in [6.45, 7) is 3.88. The van der Waals surface area contributed by atoms with Gasteiger partial charge in [-0.05, 0) is 18.6 Å². The molecule has 1 saturated carbocycles. The van der Waals surface area contributed by atoms with E-state index in [1.54, 1.807) is 24.3 Å². The number of hydrogen-bond acceptors (Lipinski definition) is 3. The Morgan fingerprint density at radius 2 is 1.78 bits per heavy atom. The van der Waals surface area contributed by atoms with Crippen molar-refractivity contribution in [3.05, 3.63) is 35.9 Å². The molecule has 96 valence electrons. The van der Waals surface area contributed by atoms with Gasteiger partial charge in [-0.1, -0.05) is 32.0 Å². The number of methoxy groups -OCH3 is 1. The van der Waals surface area contributed by atoms with Crippen LogP contribution in [-0.2, 0) is 9.53 Å². The van der Waals surface area contributed by atoms with E-state index < -0.39 is 5.54 Å². The van der Waals surface area contributed by atoms with E-state index in [9.17, 15) is 9.59 Å². The third-order valence-electron chi connectivity index (χ3n) is 3.63. The molecule has 2 rings (SSSR count). The van der Waals surface area contributed by atoms with Gasteiger partial charge in [0.15, 0.2) is 0 Å². The van der Waals surface area contributed by atoms with Crippen LogP contribution in [0.15, 0.2) is 30.3 Å². The zero-order valence-electron chi connectivity index (χ0n) is 10.8. The molecule has 0 radical (unpaired) electrons. The number of benzene rings is 1. The molecule has 1 aliphatic rings. The van der Waals surface area contributed by atoms with E-state index >= 15 is 0 Å². The lowest BCUT2D eigenvalue weighted by atomic mass is 10.0. The molecule has 0 aromatic heterocycles. The molecule has 1 unspecified atom stereocenters. The monoisotopic (exact) mass is 247 g/mol. The van der Waals surface area contributed by atoms with Gasteiger partial charge in [0, 0.05) is 11.0 Å². The Morgan fingerprint density at radius 1 is 1.22 bits per heavy atom. The van der Waals surface area contributed by atoms with Crippen molar-refractivity contribution in [2.75, 3.05) is 7.11 Å². The first-order chi connectivity index (χ1) is 8.43. The second-order valence-electron chi connectivity index (χ2n) is 5.28. The van der Waals surface area contributed by atoms with Gasteiger partial charge >= 0.3 is 5.97 Å². The minimum atomic E-state index is -0.880. The van der Waals surface area contributed by atoms with Crippen molar-refractivity contribution in [2.24, 2.45) is 5.41 Å². The van der Waals surface area contributed by atoms with Crippen LogP contribution in [0.2, 0.25) is 0 Å². The van der Waals surface area contributed by atoms with Crippen LogP contribution in [0.5, 0.6) is 0 Å². The second kappa shape index (κ2) is 4.12. The van der Waals surface area contributed by atoms with Crippen LogP contribution in [0.4, 0.5) is 0 Å². The van der Waals surface area contributed by atoms with Gasteiger partial charge in [-0.25, -0.2) is 4.79 Å². The number of amides is 1. The van der Waals surface area contributed by atoms with Crippen LogP contribution in [-0.4, -0.2) is 24.5 Å². The van der Waals surface area contributed by atoms with Gasteiger partial charge in [-0.3, -0.25) is 4.79 Å². The van der Waals surface area contributed by atoms with Crippen molar-refractivity contribution in [2.45, 2.75) is 25.8 Å². The number of hydrogen-bond donors (Lipinski definition) is 1. The van der Waals surface area contributed by atoms with E-state index in [4.69, 9.17) is 4.74 Å². The third kappa shape index (κ3) is 1.88. The van der Waals surface area contributed by atoms with E-state index in [2.05, 4.69) is 5.32 Å². The fourth-order valence-electron chi connectivity index (χ4n) is 2.26. The lowest BCUT2D eigenvalue weighted by Crippen LogP contribution is -2.47. The Balaban J connectivity index is 2.18. The fourth-order valence-corrected chi connectivity index (χ4v) is 2.26. The predicted molar refractivity (Wildman–Crippen MR) is 67.1 cm³/mol. The van der Waals surface area contributed by atoms with Gasteiger partial charge in [0.2, 0.25) is 0 Å². The number of carbonyl (C=O) groups is 2. The number of carbonyl (C=O) groups excluding carboxylic acids is 2. The maximum absolute atomic E-state index is 12.1. The lowest BCUT2D eigenvalue weighted by Gasteiger charge is -2.19. The fraction of sp³-hybridized carbons (Fsp3) is 0.429. The molecule has 4 heteroatoms. The smallest absolute Gasteiger partial charge is 0.332 e. The van der Waals surface area contributed by atoms with Crippen molar-refractivity contribution < 1.29 is 14.3 Å². The van der Waals surface area contributed by atoms with Gasteiger partial charge in [0.05, 0.1) is 7.11 Å². The van der Waals surface area contributed by atoms with E-state index in [1.165, 1.54) is 7.11 Å². The van der Waals surface area contributed by atoms with Crippen LogP contribution in [0.1, 0.15) is 30.6 Å². The maximum atomic E-state index is 12.1. The van der Waals surface area contributed by atoms with Gasteiger partial charge in [-0.15, -0.1) is 0 Å². The Hall–Kier alpha value is -1.84. The molecule has 1 amide bonds. The van der Waals surface area contributed by atoms with Crippen molar-refractivity contribution in [3.8, 4) is 0 Å². The lowest BCUT2D eigenvalue weighted by molar-refractivity contribution is -0.145. The predicted octanol–water partition coefficient (Wildman–Crippen LogP) is 1.76. The number of esters is 1. The molecule has 0 spiro atoms. The van der Waals surface area contributed by atoms with Crippen LogP contribution >= 0.6 is 0 Å². The molecule has 1 aromatic carbocycles. The van der Waals surface area contributed by atoms with Gasteiger partial charge < -0.3 is 10.1 Å². The van der Waals surface area contributed by atoms with E-state index in [-0.39, 0.29) is 17.3 Å². The van der Waals surface area contributed by atoms with Crippen molar-refractivity contribution in [1.29, 1.82) is 0 Å². The molecular weight excluding hydrogens is 230 g/mol. The summed E-state index contributed by atoms with van der Waals surface area (Å²) >= 11 is 0. The van der Waals surface area contributed by atoms with Crippen LogP contribution in [0, 0.1) is 5.41 Å². The Labute approximate surface area is 106 Å². The highest BCUT2D eigenvalue weighted by Crippen LogP contribution is 2.56. The average Bonchev–Trinajstić information content (AvgIpc) is 2.92. The summed E-state index contributed by atoms with van der Waals surface area (Å²) < 4.78 is 4.80. The van der Waals surface area contributed by atoms with Crippen LogP contribution in [0.25, 0.3) is 0 Å². The van der Waals surface area contributed by atoms with Gasteiger partial charge in [0.25, 0.3) is 5.91 Å². The Kier molecular flexibility index (Phi) is 2.89. The SMILES string of the molecule is COC(=O)C1(NC(=O)c2ccccc2)CC1(C)C. The Bertz CT molecular complexity index is 481. The van der Waals surface area contributed by atoms with Crippen LogP contribution in [0.3, 0.4) is 0 Å². The quantitative estimate of drug-likeness (QED) is 0.828. The van der Waals surface area contributed by atoms with Gasteiger partial charge in [0.1, 0.15) is 5.54 Å². The van der Waals surface area contributed by atoms with E-state index in [1.807, 2.05) is 19.9 Å². The topological polar surface area (TPSA) is 55.4 Å². The van der Waals surface area contributed by atoms with Crippen molar-refractivity contribution in [3.63, 3.8) is 0 Å². The molecule has 1 N–H and O–H groups in total. The molecule has 18 heavy (non-hydrogen) atoms. The summed E-state index contributed by atoms with van der Waals surface area (Å²) in [5.41, 5.74) is -0.595. The zero-order chi connectivity index (χ0) is 13.4. The summed E-state index contributed by atoms with van der Waals surface area (Å²) in [4.78, 5) is 23.9. The number of nitrogens with one attached hydrogen (secondary N) is 1. The number of ether oxygens (including phenoxy) is 1. The summed E-state index contributed by atoms with van der Waals surface area (Å²) in [6.07, 6.45) is 0.602. The Morgan fingerprint density at radius 3 is 2.22 bits per heavy atom. The largest absolute Gasteiger partial charge is 0.467 e. The van der Waals surface area contributed by atoms with Crippen molar-refractivity contribution >= 4 is 11.9 Å². The summed E-state index contributed by atoms with van der Waals surface area (Å²) in [6, 6.07) is 8.86. The summed E-state index contributed by atoms with van der Waals surface area (Å²) in [5, 5.41) is 2.81. The van der Waals surface area contributed by atoms with Gasteiger partial charge in [-0.2, -0.15) is 0 Å². The first-order valence-corrected chi connectivity index (χ1v) is 5.89. The second-order valence-corrected chi connectivity index (χ2v) is 5.28. The van der Waals surface area contributed by atoms with Crippen LogP contribution < -0.4 is 5.32 Å². The average molecular weight is 247 g/mol. The molecular formula is C14H17NO3. The normalized spacial score (nSPS) is 24.2. The summed E-state index contributed by atoms with van der Waals surface area (Å²) in [5.74, 6) is -0.622. The molecule has 1 fully saturated rings. The van der Waals surface area contributed by atoms with Crippen molar-refractivity contribution in [1.82, 2.24) is 5.32 Å². The minimum Gasteiger partial charge on any atom is -0.467 e. The molecule has 1 aliphatic carbocycles. The molecule has 4 nitrogen and oxygen atoms in total. The highest BCUT2D eigenvalue weighted by atomic mass is 16.5. The molecule has 0 heterocycles. The molecule has 0 aliphatic heterocycles. The maximum Gasteiger partial charge on any atom is 0.332 e.